The molecule has 0 aliphatic carbocycles. The van der Waals surface area contributed by atoms with Gasteiger partial charge in [-0.3, -0.25) is 4.40 Å². The van der Waals surface area contributed by atoms with Gasteiger partial charge in [-0.05, 0) is 27.1 Å². The van der Waals surface area contributed by atoms with Gasteiger partial charge in [0.2, 0.25) is 0 Å². The lowest BCUT2D eigenvalue weighted by Crippen LogP contribution is -2.13. The van der Waals surface area contributed by atoms with Crippen molar-refractivity contribution in [3.05, 3.63) is 34.5 Å². The Labute approximate surface area is 98.5 Å². The number of imidazole rings is 1. The van der Waals surface area contributed by atoms with Gasteiger partial charge < -0.3 is 4.90 Å². The fraction of sp³-hybridized carbons (Fsp3) is 0.364. The first-order valence-corrected chi connectivity index (χ1v) is 5.34. The van der Waals surface area contributed by atoms with Gasteiger partial charge in [0.1, 0.15) is 5.82 Å². The first kappa shape index (κ1) is 11.4. The molecule has 3 nitrogen and oxygen atoms in total. The zero-order valence-electron chi connectivity index (χ0n) is 9.46. The van der Waals surface area contributed by atoms with Crippen molar-refractivity contribution in [2.24, 2.45) is 0 Å². The number of fused-ring (bicyclic) bond motifs is 1. The highest BCUT2D eigenvalue weighted by molar-refractivity contribution is 6.33. The van der Waals surface area contributed by atoms with Gasteiger partial charge in [-0.2, -0.15) is 0 Å². The molecule has 0 aliphatic rings. The highest BCUT2D eigenvalue weighted by atomic mass is 35.5. The third-order valence-corrected chi connectivity index (χ3v) is 2.69. The van der Waals surface area contributed by atoms with Gasteiger partial charge in [0.15, 0.2) is 5.65 Å². The SMILES string of the molecule is Cc1nc2c(Cl)cc(F)cn2c1CN(C)C. The van der Waals surface area contributed by atoms with Crippen LogP contribution in [0.4, 0.5) is 4.39 Å². The Kier molecular flexibility index (Phi) is 2.86. The minimum Gasteiger partial charge on any atom is -0.304 e. The highest BCUT2D eigenvalue weighted by Crippen LogP contribution is 2.21. The Morgan fingerprint density at radius 1 is 1.50 bits per heavy atom. The van der Waals surface area contributed by atoms with E-state index in [9.17, 15) is 4.39 Å². The summed E-state index contributed by atoms with van der Waals surface area (Å²) in [5.74, 6) is -0.352. The molecule has 2 rings (SSSR count). The standard InChI is InChI=1S/C11H13ClFN3/c1-7-10(6-15(2)3)16-5-8(13)4-9(12)11(16)14-7/h4-5H,6H2,1-3H3. The second kappa shape index (κ2) is 4.03. The van der Waals surface area contributed by atoms with Gasteiger partial charge in [-0.25, -0.2) is 9.37 Å². The molecule has 0 radical (unpaired) electrons. The molecule has 0 atom stereocenters. The van der Waals surface area contributed by atoms with E-state index < -0.39 is 0 Å². The van der Waals surface area contributed by atoms with Crippen molar-refractivity contribution in [1.82, 2.24) is 14.3 Å². The average molecular weight is 242 g/mol. The van der Waals surface area contributed by atoms with Crippen molar-refractivity contribution in [2.75, 3.05) is 14.1 Å². The second-order valence-electron chi connectivity index (χ2n) is 4.08. The van der Waals surface area contributed by atoms with Gasteiger partial charge in [0.25, 0.3) is 0 Å². The zero-order chi connectivity index (χ0) is 11.9. The normalized spacial score (nSPS) is 11.6. The Morgan fingerprint density at radius 3 is 2.81 bits per heavy atom. The summed E-state index contributed by atoms with van der Waals surface area (Å²) < 4.78 is 15.0. The van der Waals surface area contributed by atoms with Crippen LogP contribution in [-0.4, -0.2) is 28.4 Å². The van der Waals surface area contributed by atoms with E-state index in [1.165, 1.54) is 12.3 Å². The molecule has 0 spiro atoms. The van der Waals surface area contributed by atoms with Crippen LogP contribution in [0.1, 0.15) is 11.4 Å². The Morgan fingerprint density at radius 2 is 2.19 bits per heavy atom. The van der Waals surface area contributed by atoms with Gasteiger partial charge in [0, 0.05) is 12.7 Å². The predicted molar refractivity (Wildman–Crippen MR) is 62.3 cm³/mol. The lowest BCUT2D eigenvalue weighted by atomic mass is 10.3. The van der Waals surface area contributed by atoms with Gasteiger partial charge in [-0.1, -0.05) is 11.6 Å². The third-order valence-electron chi connectivity index (χ3n) is 2.41. The average Bonchev–Trinajstić information content (AvgIpc) is 2.45. The highest BCUT2D eigenvalue weighted by Gasteiger charge is 2.12. The van der Waals surface area contributed by atoms with Gasteiger partial charge >= 0.3 is 0 Å². The van der Waals surface area contributed by atoms with E-state index in [0.717, 1.165) is 11.4 Å². The lowest BCUT2D eigenvalue weighted by molar-refractivity contribution is 0.394. The van der Waals surface area contributed by atoms with E-state index in [2.05, 4.69) is 4.98 Å². The van der Waals surface area contributed by atoms with Crippen molar-refractivity contribution in [2.45, 2.75) is 13.5 Å². The van der Waals surface area contributed by atoms with Crippen molar-refractivity contribution in [3.63, 3.8) is 0 Å². The molecule has 2 aromatic rings. The quantitative estimate of drug-likeness (QED) is 0.805. The van der Waals surface area contributed by atoms with Crippen LogP contribution in [0.25, 0.3) is 5.65 Å². The van der Waals surface area contributed by atoms with Crippen molar-refractivity contribution >= 4 is 17.2 Å². The molecule has 0 aromatic carbocycles. The molecule has 0 aliphatic heterocycles. The first-order chi connectivity index (χ1) is 7.49. The second-order valence-corrected chi connectivity index (χ2v) is 4.49. The molecule has 0 N–H and O–H groups in total. The maximum Gasteiger partial charge on any atom is 0.156 e. The molecule has 86 valence electrons. The van der Waals surface area contributed by atoms with E-state index in [-0.39, 0.29) is 5.82 Å². The lowest BCUT2D eigenvalue weighted by Gasteiger charge is -2.10. The van der Waals surface area contributed by atoms with Crippen LogP contribution < -0.4 is 0 Å². The molecule has 0 saturated carbocycles. The van der Waals surface area contributed by atoms with E-state index in [1.807, 2.05) is 25.9 Å². The zero-order valence-corrected chi connectivity index (χ0v) is 10.2. The molecule has 0 saturated heterocycles. The van der Waals surface area contributed by atoms with Crippen LogP contribution >= 0.6 is 11.6 Å². The summed E-state index contributed by atoms with van der Waals surface area (Å²) in [5, 5.41) is 0.341. The summed E-state index contributed by atoms with van der Waals surface area (Å²) in [6.07, 6.45) is 1.42. The molecule has 5 heteroatoms. The number of hydrogen-bond donors (Lipinski definition) is 0. The number of nitrogens with zero attached hydrogens (tertiary/aromatic N) is 3. The Bertz CT molecular complexity index is 533. The van der Waals surface area contributed by atoms with E-state index in [4.69, 9.17) is 11.6 Å². The van der Waals surface area contributed by atoms with E-state index >= 15 is 0 Å². The van der Waals surface area contributed by atoms with Gasteiger partial charge in [-0.15, -0.1) is 0 Å². The monoisotopic (exact) mass is 241 g/mol. The van der Waals surface area contributed by atoms with Crippen LogP contribution in [-0.2, 0) is 6.54 Å². The molecule has 2 aromatic heterocycles. The summed E-state index contributed by atoms with van der Waals surface area (Å²) in [4.78, 5) is 6.35. The summed E-state index contributed by atoms with van der Waals surface area (Å²) >= 11 is 5.95. The summed E-state index contributed by atoms with van der Waals surface area (Å²) in [5.41, 5.74) is 2.44. The minimum atomic E-state index is -0.352. The molecule has 0 amide bonds. The molecule has 2 heterocycles. The smallest absolute Gasteiger partial charge is 0.156 e. The van der Waals surface area contributed by atoms with Crippen LogP contribution in [0, 0.1) is 12.7 Å². The third kappa shape index (κ3) is 1.90. The van der Waals surface area contributed by atoms with Crippen LogP contribution in [0.3, 0.4) is 0 Å². The first-order valence-electron chi connectivity index (χ1n) is 4.96. The largest absolute Gasteiger partial charge is 0.304 e. The Hall–Kier alpha value is -1.13. The van der Waals surface area contributed by atoms with Gasteiger partial charge in [0.05, 0.1) is 16.4 Å². The van der Waals surface area contributed by atoms with Crippen molar-refractivity contribution < 1.29 is 4.39 Å². The number of rotatable bonds is 2. The van der Waals surface area contributed by atoms with Crippen LogP contribution in [0.15, 0.2) is 12.3 Å². The molecule has 0 unspecified atom stereocenters. The number of aromatic nitrogens is 2. The number of hydrogen-bond acceptors (Lipinski definition) is 2. The van der Waals surface area contributed by atoms with Crippen molar-refractivity contribution in [3.8, 4) is 0 Å². The van der Waals surface area contributed by atoms with Crippen molar-refractivity contribution in [1.29, 1.82) is 0 Å². The molecular weight excluding hydrogens is 229 g/mol. The summed E-state index contributed by atoms with van der Waals surface area (Å²) in [6.45, 7) is 2.60. The Balaban J connectivity index is 2.68. The van der Waals surface area contributed by atoms with Crippen LogP contribution in [0.2, 0.25) is 5.02 Å². The van der Waals surface area contributed by atoms with E-state index in [0.29, 0.717) is 17.2 Å². The number of aryl methyl sites for hydroxylation is 1. The predicted octanol–water partition coefficient (Wildman–Crippen LogP) is 2.50. The number of halogens is 2. The minimum absolute atomic E-state index is 0.341. The van der Waals surface area contributed by atoms with E-state index in [1.54, 1.807) is 4.40 Å². The maximum absolute atomic E-state index is 13.3. The molecular formula is C11H13ClFN3. The summed E-state index contributed by atoms with van der Waals surface area (Å²) in [7, 11) is 3.92. The maximum atomic E-state index is 13.3. The molecule has 0 bridgehead atoms. The molecule has 0 fully saturated rings. The topological polar surface area (TPSA) is 20.5 Å². The fourth-order valence-electron chi connectivity index (χ4n) is 1.72. The van der Waals surface area contributed by atoms with Crippen LogP contribution in [0.5, 0.6) is 0 Å². The number of pyridine rings is 1. The molecule has 16 heavy (non-hydrogen) atoms. The summed E-state index contributed by atoms with van der Waals surface area (Å²) in [6, 6.07) is 1.28. The fourth-order valence-corrected chi connectivity index (χ4v) is 1.96.